The van der Waals surface area contributed by atoms with Gasteiger partial charge >= 0.3 is 0 Å². The van der Waals surface area contributed by atoms with Crippen LogP contribution in [0.3, 0.4) is 0 Å². The van der Waals surface area contributed by atoms with Crippen LogP contribution in [0.4, 0.5) is 0 Å². The summed E-state index contributed by atoms with van der Waals surface area (Å²) in [6.07, 6.45) is 5.93. The van der Waals surface area contributed by atoms with Gasteiger partial charge in [-0.05, 0) is 59.4 Å². The fraction of sp³-hybridized carbons (Fsp3) is 0.111. The Kier molecular flexibility index (Phi) is 6.48. The molecule has 0 fully saturated rings. The van der Waals surface area contributed by atoms with Crippen LogP contribution in [0.25, 0.3) is 22.7 Å². The number of para-hydroxylation sites is 1. The summed E-state index contributed by atoms with van der Waals surface area (Å²) in [5, 5.41) is 2.32. The first kappa shape index (κ1) is 26.5. The monoisotopic (exact) mass is 617 g/mol. The summed E-state index contributed by atoms with van der Waals surface area (Å²) in [7, 11) is 0. The second-order valence-corrected chi connectivity index (χ2v) is 12.8. The molecule has 0 saturated heterocycles. The third-order valence-corrected chi connectivity index (χ3v) is 10.0. The fourth-order valence-corrected chi connectivity index (χ4v) is 7.91. The van der Waals surface area contributed by atoms with Crippen LogP contribution in [0.15, 0.2) is 119 Å². The van der Waals surface area contributed by atoms with Gasteiger partial charge in [-0.25, -0.2) is 4.99 Å². The van der Waals surface area contributed by atoms with Crippen molar-refractivity contribution in [1.29, 1.82) is 0 Å². The molecule has 7 heteroatoms. The van der Waals surface area contributed by atoms with Gasteiger partial charge in [-0.15, -0.1) is 0 Å². The van der Waals surface area contributed by atoms with Crippen LogP contribution in [-0.4, -0.2) is 9.13 Å². The van der Waals surface area contributed by atoms with Crippen molar-refractivity contribution in [2.75, 3.05) is 0 Å². The minimum Gasteiger partial charge on any atom is -0.342 e. The molecule has 0 bridgehead atoms. The van der Waals surface area contributed by atoms with Crippen molar-refractivity contribution >= 4 is 57.2 Å². The summed E-state index contributed by atoms with van der Waals surface area (Å²) in [6, 6.07) is 32.5. The summed E-state index contributed by atoms with van der Waals surface area (Å²) in [5.41, 5.74) is 8.83. The number of aryl methyl sites for hydroxylation is 1. The molecule has 0 saturated carbocycles. The van der Waals surface area contributed by atoms with Gasteiger partial charge in [-0.3, -0.25) is 9.36 Å². The standard InChI is InChI=1S/C36H25Cl2N3OS/c37-26-16-14-24(30(38)19-26)20-40-21-25(27-11-6-7-13-31(27)40)18-32-35(42)41-34(23-9-2-1-3-10-23)29-17-15-22-8-4-5-12-28(22)33(29)39-36(41)43-32/h1-14,16,18-19,21,34H,15,17,20H2/b32-18-/t34-/m1/s1. The van der Waals surface area contributed by atoms with Crippen molar-refractivity contribution in [3.63, 3.8) is 0 Å². The van der Waals surface area contributed by atoms with Gasteiger partial charge in [0.15, 0.2) is 4.80 Å². The largest absolute Gasteiger partial charge is 0.342 e. The minimum absolute atomic E-state index is 0.0133. The molecule has 2 aromatic heterocycles. The van der Waals surface area contributed by atoms with E-state index in [9.17, 15) is 4.79 Å². The van der Waals surface area contributed by atoms with Crippen LogP contribution < -0.4 is 14.9 Å². The molecule has 6 aromatic rings. The summed E-state index contributed by atoms with van der Waals surface area (Å²) < 4.78 is 4.75. The van der Waals surface area contributed by atoms with E-state index in [0.29, 0.717) is 21.1 Å². The molecule has 3 heterocycles. The Labute approximate surface area is 262 Å². The van der Waals surface area contributed by atoms with E-state index in [-0.39, 0.29) is 11.6 Å². The first-order valence-corrected chi connectivity index (χ1v) is 15.8. The van der Waals surface area contributed by atoms with E-state index in [1.54, 1.807) is 6.07 Å². The lowest BCUT2D eigenvalue weighted by Gasteiger charge is -2.30. The molecular formula is C36H25Cl2N3OS. The van der Waals surface area contributed by atoms with E-state index < -0.39 is 0 Å². The van der Waals surface area contributed by atoms with Crippen molar-refractivity contribution in [2.24, 2.45) is 4.99 Å². The lowest BCUT2D eigenvalue weighted by Crippen LogP contribution is -2.38. The molecule has 1 aliphatic heterocycles. The molecule has 8 rings (SSSR count). The van der Waals surface area contributed by atoms with Crippen molar-refractivity contribution in [2.45, 2.75) is 25.4 Å². The summed E-state index contributed by atoms with van der Waals surface area (Å²) in [5.74, 6) is 0. The molecule has 0 amide bonds. The van der Waals surface area contributed by atoms with Crippen LogP contribution in [-0.2, 0) is 13.0 Å². The lowest BCUT2D eigenvalue weighted by molar-refractivity contribution is 0.585. The number of hydrogen-bond donors (Lipinski definition) is 0. The Hall–Kier alpha value is -4.16. The van der Waals surface area contributed by atoms with Gasteiger partial charge in [0.25, 0.3) is 5.56 Å². The van der Waals surface area contributed by atoms with Crippen molar-refractivity contribution < 1.29 is 0 Å². The highest BCUT2D eigenvalue weighted by atomic mass is 35.5. The number of benzene rings is 4. The van der Waals surface area contributed by atoms with Gasteiger partial charge < -0.3 is 4.57 Å². The van der Waals surface area contributed by atoms with E-state index in [2.05, 4.69) is 59.3 Å². The third-order valence-electron chi connectivity index (χ3n) is 8.45. The lowest BCUT2D eigenvalue weighted by atomic mass is 9.83. The molecule has 0 spiro atoms. The van der Waals surface area contributed by atoms with E-state index in [1.165, 1.54) is 28.0 Å². The number of allylic oxidation sites excluding steroid dienone is 1. The number of nitrogens with zero attached hydrogens (tertiary/aromatic N) is 3. The highest BCUT2D eigenvalue weighted by molar-refractivity contribution is 7.07. The smallest absolute Gasteiger partial charge is 0.271 e. The average Bonchev–Trinajstić information content (AvgIpc) is 3.54. The molecule has 0 unspecified atom stereocenters. The van der Waals surface area contributed by atoms with E-state index in [0.717, 1.165) is 50.9 Å². The number of rotatable bonds is 4. The van der Waals surface area contributed by atoms with Crippen LogP contribution in [0.1, 0.15) is 40.3 Å². The Bertz CT molecular complexity index is 2280. The van der Waals surface area contributed by atoms with Crippen LogP contribution in [0.5, 0.6) is 0 Å². The fourth-order valence-electron chi connectivity index (χ4n) is 6.45. The number of aromatic nitrogens is 2. The maximum Gasteiger partial charge on any atom is 0.271 e. The molecule has 210 valence electrons. The number of thiazole rings is 1. The molecule has 2 aliphatic rings. The maximum atomic E-state index is 14.3. The highest BCUT2D eigenvalue weighted by Gasteiger charge is 2.32. The number of halogens is 2. The summed E-state index contributed by atoms with van der Waals surface area (Å²) in [6.45, 7) is 0.589. The molecular weight excluding hydrogens is 593 g/mol. The molecule has 1 aliphatic carbocycles. The van der Waals surface area contributed by atoms with Gasteiger partial charge in [-0.1, -0.05) is 113 Å². The zero-order valence-electron chi connectivity index (χ0n) is 23.0. The van der Waals surface area contributed by atoms with Gasteiger partial charge in [0.05, 0.1) is 16.3 Å². The van der Waals surface area contributed by atoms with Gasteiger partial charge in [0.1, 0.15) is 0 Å². The predicted molar refractivity (Wildman–Crippen MR) is 177 cm³/mol. The van der Waals surface area contributed by atoms with Crippen LogP contribution in [0.2, 0.25) is 10.0 Å². The quantitative estimate of drug-likeness (QED) is 0.200. The summed E-state index contributed by atoms with van der Waals surface area (Å²) >= 11 is 14.1. The van der Waals surface area contributed by atoms with Crippen molar-refractivity contribution in [3.8, 4) is 0 Å². The van der Waals surface area contributed by atoms with Crippen molar-refractivity contribution in [1.82, 2.24) is 9.13 Å². The van der Waals surface area contributed by atoms with E-state index in [4.69, 9.17) is 28.2 Å². The number of hydrogen-bond acceptors (Lipinski definition) is 3. The summed E-state index contributed by atoms with van der Waals surface area (Å²) in [4.78, 5) is 20.1. The Morgan fingerprint density at radius 1 is 0.907 bits per heavy atom. The number of fused-ring (bicyclic) bond motifs is 4. The molecule has 4 aromatic carbocycles. The molecule has 0 N–H and O–H groups in total. The third kappa shape index (κ3) is 4.51. The minimum atomic E-state index is -0.184. The second-order valence-electron chi connectivity index (χ2n) is 11.0. The molecule has 43 heavy (non-hydrogen) atoms. The molecule has 0 radical (unpaired) electrons. The first-order chi connectivity index (χ1) is 21.0. The second kappa shape index (κ2) is 10.5. The predicted octanol–water partition coefficient (Wildman–Crippen LogP) is 7.63. The average molecular weight is 619 g/mol. The van der Waals surface area contributed by atoms with Gasteiger partial charge in [0, 0.05) is 44.8 Å². The van der Waals surface area contributed by atoms with Crippen molar-refractivity contribution in [3.05, 3.63) is 166 Å². The SMILES string of the molecule is O=c1/c(=C/c2cn(Cc3ccc(Cl)cc3Cl)c3ccccc23)sc2n1[C@H](c1ccccc1)C1=C(N=2)c2ccccc2CC1. The maximum absolute atomic E-state index is 14.3. The zero-order chi connectivity index (χ0) is 29.1. The van der Waals surface area contributed by atoms with Gasteiger partial charge in [-0.2, -0.15) is 0 Å². The highest BCUT2D eigenvalue weighted by Crippen LogP contribution is 2.41. The zero-order valence-corrected chi connectivity index (χ0v) is 25.3. The van der Waals surface area contributed by atoms with Crippen LogP contribution >= 0.6 is 34.5 Å². The Morgan fingerprint density at radius 3 is 2.56 bits per heavy atom. The first-order valence-electron chi connectivity index (χ1n) is 14.2. The van der Waals surface area contributed by atoms with E-state index in [1.807, 2.05) is 53.1 Å². The van der Waals surface area contributed by atoms with Crippen LogP contribution in [0, 0.1) is 0 Å². The Balaban J connectivity index is 1.31. The molecule has 4 nitrogen and oxygen atoms in total. The molecule has 1 atom stereocenters. The topological polar surface area (TPSA) is 39.3 Å². The normalized spacial score (nSPS) is 16.1. The Morgan fingerprint density at radius 2 is 1.70 bits per heavy atom. The van der Waals surface area contributed by atoms with Gasteiger partial charge in [0.2, 0.25) is 0 Å². The van der Waals surface area contributed by atoms with E-state index >= 15 is 0 Å².